The molecule has 1 aromatic carbocycles. The number of likely N-dealkylation sites (tertiary alicyclic amines) is 1. The third-order valence-corrected chi connectivity index (χ3v) is 5.84. The van der Waals surface area contributed by atoms with E-state index in [4.69, 9.17) is 4.74 Å². The van der Waals surface area contributed by atoms with Crippen LogP contribution in [0.25, 0.3) is 0 Å². The molecule has 0 spiro atoms. The maximum atomic E-state index is 13.1. The number of urea groups is 1. The molecule has 1 aromatic rings. The van der Waals surface area contributed by atoms with Crippen LogP contribution in [0, 0.1) is 5.92 Å². The van der Waals surface area contributed by atoms with Crippen molar-refractivity contribution in [1.29, 1.82) is 0 Å². The molecule has 2 fully saturated rings. The Bertz CT molecular complexity index is 787. The van der Waals surface area contributed by atoms with Crippen LogP contribution in [-0.4, -0.2) is 59.4 Å². The molecule has 7 heteroatoms. The van der Waals surface area contributed by atoms with E-state index >= 15 is 0 Å². The lowest BCUT2D eigenvalue weighted by Gasteiger charge is -2.40. The summed E-state index contributed by atoms with van der Waals surface area (Å²) in [4.78, 5) is 41.0. The highest BCUT2D eigenvalue weighted by atomic mass is 16.5. The maximum absolute atomic E-state index is 13.1. The molecule has 7 nitrogen and oxygen atoms in total. The summed E-state index contributed by atoms with van der Waals surface area (Å²) >= 11 is 0. The summed E-state index contributed by atoms with van der Waals surface area (Å²) in [5.74, 6) is 0.421. The molecule has 0 unspecified atom stereocenters. The molecular weight excluding hydrogens is 370 g/mol. The second-order valence-electron chi connectivity index (χ2n) is 7.86. The maximum Gasteiger partial charge on any atom is 0.325 e. The number of imide groups is 1. The highest BCUT2D eigenvalue weighted by molar-refractivity contribution is 6.07. The molecule has 1 atom stereocenters. The molecule has 0 radical (unpaired) electrons. The first-order chi connectivity index (χ1) is 13.9. The van der Waals surface area contributed by atoms with Gasteiger partial charge in [0, 0.05) is 13.1 Å². The van der Waals surface area contributed by atoms with Crippen molar-refractivity contribution in [1.82, 2.24) is 15.1 Å². The smallest absolute Gasteiger partial charge is 0.325 e. The van der Waals surface area contributed by atoms with Crippen LogP contribution in [0.3, 0.4) is 0 Å². The predicted molar refractivity (Wildman–Crippen MR) is 109 cm³/mol. The first-order valence-corrected chi connectivity index (χ1v) is 10.1. The predicted octanol–water partition coefficient (Wildman–Crippen LogP) is 2.58. The molecule has 29 heavy (non-hydrogen) atoms. The molecule has 4 amide bonds. The first-order valence-electron chi connectivity index (χ1n) is 10.1. The number of benzene rings is 1. The minimum absolute atomic E-state index is 0.00170. The lowest BCUT2D eigenvalue weighted by atomic mass is 9.75. The second kappa shape index (κ2) is 8.68. The molecule has 0 aromatic heterocycles. The van der Waals surface area contributed by atoms with E-state index in [0.717, 1.165) is 5.57 Å². The van der Waals surface area contributed by atoms with Gasteiger partial charge in [0.15, 0.2) is 6.61 Å². The quantitative estimate of drug-likeness (QED) is 0.565. The zero-order valence-electron chi connectivity index (χ0n) is 17.1. The molecule has 0 bridgehead atoms. The largest absolute Gasteiger partial charge is 0.484 e. The van der Waals surface area contributed by atoms with E-state index in [1.165, 1.54) is 4.90 Å². The van der Waals surface area contributed by atoms with Gasteiger partial charge in [0.1, 0.15) is 11.3 Å². The topological polar surface area (TPSA) is 79.0 Å². The average Bonchev–Trinajstić information content (AvgIpc) is 2.97. The number of ether oxygens (including phenoxy) is 1. The van der Waals surface area contributed by atoms with Gasteiger partial charge >= 0.3 is 6.03 Å². The molecule has 156 valence electrons. The van der Waals surface area contributed by atoms with Crippen molar-refractivity contribution in [2.45, 2.75) is 38.6 Å². The third kappa shape index (κ3) is 4.28. The van der Waals surface area contributed by atoms with Gasteiger partial charge in [0.05, 0.1) is 6.54 Å². The van der Waals surface area contributed by atoms with Crippen LogP contribution in [0.2, 0.25) is 0 Å². The minimum atomic E-state index is -0.887. The van der Waals surface area contributed by atoms with E-state index in [1.807, 2.05) is 37.3 Å². The van der Waals surface area contributed by atoms with E-state index < -0.39 is 5.54 Å². The summed E-state index contributed by atoms with van der Waals surface area (Å²) in [6.07, 6.45) is 1.86. The molecular formula is C22H29N3O4. The van der Waals surface area contributed by atoms with Gasteiger partial charge in [0.2, 0.25) is 0 Å². The highest BCUT2D eigenvalue weighted by Crippen LogP contribution is 2.36. The Balaban J connectivity index is 1.59. The van der Waals surface area contributed by atoms with Crippen molar-refractivity contribution in [2.24, 2.45) is 5.92 Å². The molecule has 0 aliphatic carbocycles. The molecule has 2 heterocycles. The minimum Gasteiger partial charge on any atom is -0.484 e. The van der Waals surface area contributed by atoms with E-state index in [9.17, 15) is 14.4 Å². The third-order valence-electron chi connectivity index (χ3n) is 5.84. The van der Waals surface area contributed by atoms with Crippen molar-refractivity contribution in [3.63, 3.8) is 0 Å². The number of piperidine rings is 1. The summed E-state index contributed by atoms with van der Waals surface area (Å²) in [5.41, 5.74) is -0.124. The molecule has 0 saturated carbocycles. The Morgan fingerprint density at radius 3 is 2.48 bits per heavy atom. The number of para-hydroxylation sites is 1. The van der Waals surface area contributed by atoms with Gasteiger partial charge in [-0.1, -0.05) is 37.3 Å². The fraction of sp³-hybridized carbons (Fsp3) is 0.500. The normalized spacial score (nSPS) is 22.6. The number of carbonyl (C=O) groups is 3. The van der Waals surface area contributed by atoms with Crippen LogP contribution in [0.5, 0.6) is 5.75 Å². The van der Waals surface area contributed by atoms with E-state index in [-0.39, 0.29) is 36.9 Å². The highest BCUT2D eigenvalue weighted by Gasteiger charge is 2.54. The Labute approximate surface area is 171 Å². The zero-order valence-corrected chi connectivity index (χ0v) is 17.1. The summed E-state index contributed by atoms with van der Waals surface area (Å²) in [6.45, 7) is 8.87. The Morgan fingerprint density at radius 1 is 1.24 bits per heavy atom. The molecule has 2 aliphatic rings. The van der Waals surface area contributed by atoms with Gasteiger partial charge in [-0.2, -0.15) is 0 Å². The van der Waals surface area contributed by atoms with Crippen molar-refractivity contribution >= 4 is 17.8 Å². The van der Waals surface area contributed by atoms with Crippen molar-refractivity contribution in [2.75, 3.05) is 26.2 Å². The van der Waals surface area contributed by atoms with Gasteiger partial charge in [-0.25, -0.2) is 4.79 Å². The number of amides is 4. The van der Waals surface area contributed by atoms with E-state index in [2.05, 4.69) is 11.9 Å². The average molecular weight is 399 g/mol. The van der Waals surface area contributed by atoms with Gasteiger partial charge in [-0.15, -0.1) is 0 Å². The fourth-order valence-electron chi connectivity index (χ4n) is 4.24. The van der Waals surface area contributed by atoms with Gasteiger partial charge in [-0.05, 0) is 44.2 Å². The summed E-state index contributed by atoms with van der Waals surface area (Å²) in [7, 11) is 0. The molecule has 2 saturated heterocycles. The second-order valence-corrected chi connectivity index (χ2v) is 7.86. The number of nitrogens with zero attached hydrogens (tertiary/aromatic N) is 2. The Kier molecular flexibility index (Phi) is 6.25. The van der Waals surface area contributed by atoms with Crippen LogP contribution in [-0.2, 0) is 9.59 Å². The van der Waals surface area contributed by atoms with Gasteiger partial charge in [0.25, 0.3) is 11.8 Å². The van der Waals surface area contributed by atoms with Crippen LogP contribution in [0.15, 0.2) is 42.5 Å². The van der Waals surface area contributed by atoms with E-state index in [1.54, 1.807) is 11.8 Å². The first kappa shape index (κ1) is 20.9. The van der Waals surface area contributed by atoms with E-state index in [0.29, 0.717) is 38.1 Å². The lowest BCUT2D eigenvalue weighted by molar-refractivity contribution is -0.137. The standard InChI is InChI=1S/C22H29N3O4/c1-4-22(20(27)25(14-16(2)3)21(28)23-22)17-10-12-24(13-11-17)19(26)15-29-18-8-6-5-7-9-18/h5-9,17H,2,4,10-15H2,1,3H3,(H,23,28)/t22-/m1/s1. The van der Waals surface area contributed by atoms with Crippen LogP contribution in [0.4, 0.5) is 4.79 Å². The number of rotatable bonds is 7. The fourth-order valence-corrected chi connectivity index (χ4v) is 4.24. The molecule has 3 rings (SSSR count). The number of hydrogen-bond acceptors (Lipinski definition) is 4. The van der Waals surface area contributed by atoms with Gasteiger partial charge < -0.3 is 15.0 Å². The lowest BCUT2D eigenvalue weighted by Crippen LogP contribution is -2.56. The van der Waals surface area contributed by atoms with Crippen LogP contribution < -0.4 is 10.1 Å². The summed E-state index contributed by atoms with van der Waals surface area (Å²) in [6, 6.07) is 8.89. The van der Waals surface area contributed by atoms with Crippen molar-refractivity contribution in [3.05, 3.63) is 42.5 Å². The monoisotopic (exact) mass is 399 g/mol. The summed E-state index contributed by atoms with van der Waals surface area (Å²) in [5, 5.41) is 2.95. The van der Waals surface area contributed by atoms with Crippen LogP contribution in [0.1, 0.15) is 33.1 Å². The number of hydrogen-bond donors (Lipinski definition) is 1. The number of nitrogens with one attached hydrogen (secondary N) is 1. The molecule has 1 N–H and O–H groups in total. The summed E-state index contributed by atoms with van der Waals surface area (Å²) < 4.78 is 5.55. The molecule has 2 aliphatic heterocycles. The van der Waals surface area contributed by atoms with Crippen LogP contribution >= 0.6 is 0 Å². The number of carbonyl (C=O) groups excluding carboxylic acids is 3. The SMILES string of the molecule is C=C(C)CN1C(=O)N[C@](CC)(C2CCN(C(=O)COc3ccccc3)CC2)C1=O. The van der Waals surface area contributed by atoms with Crippen molar-refractivity contribution < 1.29 is 19.1 Å². The Hall–Kier alpha value is -2.83. The van der Waals surface area contributed by atoms with Crippen molar-refractivity contribution in [3.8, 4) is 5.75 Å². The zero-order chi connectivity index (χ0) is 21.0. The Morgan fingerprint density at radius 2 is 1.90 bits per heavy atom. The van der Waals surface area contributed by atoms with Gasteiger partial charge in [-0.3, -0.25) is 14.5 Å².